The Morgan fingerprint density at radius 1 is 0.970 bits per heavy atom. The van der Waals surface area contributed by atoms with Crippen LogP contribution < -0.4 is 22.1 Å². The van der Waals surface area contributed by atoms with E-state index in [2.05, 4.69) is 22.5 Å². The number of Topliss-reactive ketones (excluding diaryl/α,β-unsaturated/α-hetero) is 1. The number of aliphatic hydroxyl groups excluding tert-OH is 1. The number of benzene rings is 2. The second-order valence-corrected chi connectivity index (χ2v) is 8.02. The topological polar surface area (TPSA) is 148 Å². The molecule has 174 valence electrons. The Bertz CT molecular complexity index is 1020. The minimum absolute atomic E-state index is 0.0953. The highest BCUT2D eigenvalue weighted by atomic mass is 16.3. The Balaban J connectivity index is 1.97. The van der Waals surface area contributed by atoms with Crippen LogP contribution in [-0.4, -0.2) is 47.9 Å². The lowest BCUT2D eigenvalue weighted by atomic mass is 10.0. The second kappa shape index (κ2) is 12.5. The second-order valence-electron chi connectivity index (χ2n) is 8.02. The van der Waals surface area contributed by atoms with Crippen LogP contribution in [0.25, 0.3) is 0 Å². The highest BCUT2D eigenvalue weighted by molar-refractivity contribution is 5.98. The van der Waals surface area contributed by atoms with Gasteiger partial charge in [-0.15, -0.1) is 0 Å². The lowest BCUT2D eigenvalue weighted by Crippen LogP contribution is -2.46. The van der Waals surface area contributed by atoms with Crippen molar-refractivity contribution < 1.29 is 19.5 Å². The molecule has 0 aliphatic rings. The summed E-state index contributed by atoms with van der Waals surface area (Å²) < 4.78 is 0. The third-order valence-corrected chi connectivity index (χ3v) is 4.80. The molecular formula is C25H30N4O4. The van der Waals surface area contributed by atoms with Crippen LogP contribution in [0.5, 0.6) is 0 Å². The van der Waals surface area contributed by atoms with Crippen LogP contribution in [0.3, 0.4) is 0 Å². The molecule has 0 bridgehead atoms. The summed E-state index contributed by atoms with van der Waals surface area (Å²) in [4.78, 5) is 35.9. The van der Waals surface area contributed by atoms with Gasteiger partial charge in [0, 0.05) is 28.9 Å². The summed E-state index contributed by atoms with van der Waals surface area (Å²) in [6.45, 7) is 3.25. The molecule has 2 rings (SSSR count). The van der Waals surface area contributed by atoms with Crippen LogP contribution in [0.2, 0.25) is 0 Å². The highest BCUT2D eigenvalue weighted by Crippen LogP contribution is 2.11. The van der Waals surface area contributed by atoms with E-state index in [4.69, 9.17) is 16.6 Å². The molecule has 2 atom stereocenters. The maximum absolute atomic E-state index is 12.3. The summed E-state index contributed by atoms with van der Waals surface area (Å²) in [7, 11) is 0. The average molecular weight is 451 g/mol. The van der Waals surface area contributed by atoms with Gasteiger partial charge in [-0.05, 0) is 60.9 Å². The van der Waals surface area contributed by atoms with Gasteiger partial charge in [-0.2, -0.15) is 0 Å². The Morgan fingerprint density at radius 3 is 2.00 bits per heavy atom. The smallest absolute Gasteiger partial charge is 0.251 e. The van der Waals surface area contributed by atoms with Crippen molar-refractivity contribution in [3.63, 3.8) is 0 Å². The van der Waals surface area contributed by atoms with E-state index < -0.39 is 30.4 Å². The summed E-state index contributed by atoms with van der Waals surface area (Å²) in [6.07, 6.45) is 0.615. The van der Waals surface area contributed by atoms with Crippen molar-refractivity contribution in [3.8, 4) is 11.8 Å². The molecule has 0 aliphatic carbocycles. The van der Waals surface area contributed by atoms with E-state index in [0.717, 1.165) is 5.56 Å². The van der Waals surface area contributed by atoms with Crippen LogP contribution in [-0.2, 0) is 9.59 Å². The first-order chi connectivity index (χ1) is 15.7. The van der Waals surface area contributed by atoms with E-state index >= 15 is 0 Å². The molecule has 8 nitrogen and oxygen atoms in total. The fraction of sp³-hybridized carbons (Fsp3) is 0.320. The Hall–Kier alpha value is -3.51. The molecule has 0 aromatic heterocycles. The number of anilines is 1. The molecule has 0 aliphatic heterocycles. The van der Waals surface area contributed by atoms with Gasteiger partial charge in [0.05, 0.1) is 6.04 Å². The number of rotatable bonds is 9. The minimum atomic E-state index is -0.930. The molecule has 0 radical (unpaired) electrons. The van der Waals surface area contributed by atoms with E-state index in [9.17, 15) is 14.4 Å². The van der Waals surface area contributed by atoms with Gasteiger partial charge in [0.15, 0.2) is 5.78 Å². The van der Waals surface area contributed by atoms with Crippen LogP contribution in [0.1, 0.15) is 41.8 Å². The first-order valence-electron chi connectivity index (χ1n) is 10.7. The number of nitrogens with one attached hydrogen (secondary N) is 2. The maximum Gasteiger partial charge on any atom is 0.251 e. The molecule has 2 aromatic carbocycles. The van der Waals surface area contributed by atoms with Crippen molar-refractivity contribution in [1.82, 2.24) is 5.32 Å². The normalized spacial score (nSPS) is 12.3. The monoisotopic (exact) mass is 450 g/mol. The van der Waals surface area contributed by atoms with E-state index in [1.807, 2.05) is 13.8 Å². The summed E-state index contributed by atoms with van der Waals surface area (Å²) in [5, 5.41) is 14.2. The van der Waals surface area contributed by atoms with Crippen LogP contribution >= 0.6 is 0 Å². The molecule has 2 aromatic rings. The van der Waals surface area contributed by atoms with Crippen molar-refractivity contribution in [1.29, 1.82) is 0 Å². The van der Waals surface area contributed by atoms with Gasteiger partial charge in [0.2, 0.25) is 5.91 Å². The number of hydrogen-bond acceptors (Lipinski definition) is 6. The molecule has 0 saturated carbocycles. The quantitative estimate of drug-likeness (QED) is 0.360. The first kappa shape index (κ1) is 25.7. The number of hydrogen-bond donors (Lipinski definition) is 5. The number of carbonyl (C=O) groups is 3. The zero-order valence-electron chi connectivity index (χ0n) is 18.8. The van der Waals surface area contributed by atoms with Gasteiger partial charge in [0.25, 0.3) is 5.91 Å². The molecule has 2 amide bonds. The first-order valence-corrected chi connectivity index (χ1v) is 10.7. The molecule has 0 unspecified atom stereocenters. The van der Waals surface area contributed by atoms with E-state index in [1.54, 1.807) is 48.5 Å². The largest absolute Gasteiger partial charge is 0.388 e. The number of ketones is 1. The fourth-order valence-corrected chi connectivity index (χ4v) is 2.96. The Labute approximate surface area is 193 Å². The average Bonchev–Trinajstić information content (AvgIpc) is 2.81. The van der Waals surface area contributed by atoms with Crippen molar-refractivity contribution in [2.45, 2.75) is 32.4 Å². The molecule has 7 N–H and O–H groups in total. The number of amides is 2. The van der Waals surface area contributed by atoms with Gasteiger partial charge >= 0.3 is 0 Å². The van der Waals surface area contributed by atoms with Gasteiger partial charge in [-0.1, -0.05) is 25.7 Å². The maximum atomic E-state index is 12.3. The standard InChI is InChI=1S/C25H30N4O4/c1-16(2)13-21(27)25(33)28-20-11-7-18(8-12-20)4-3-17-5-9-19(10-6-17)24(32)29-22(14-26)23(31)15-30/h5-12,16,21-22,30H,13-15,26-27H2,1-2H3,(H,28,33)(H,29,32)/t21-,22-/m0/s1. The molecule has 0 fully saturated rings. The van der Waals surface area contributed by atoms with Crippen molar-refractivity contribution in [3.05, 3.63) is 65.2 Å². The molecular weight excluding hydrogens is 420 g/mol. The van der Waals surface area contributed by atoms with Crippen LogP contribution in [0.15, 0.2) is 48.5 Å². The van der Waals surface area contributed by atoms with Crippen molar-refractivity contribution in [2.24, 2.45) is 17.4 Å². The summed E-state index contributed by atoms with van der Waals surface area (Å²) in [6, 6.07) is 12.2. The zero-order valence-corrected chi connectivity index (χ0v) is 18.8. The summed E-state index contributed by atoms with van der Waals surface area (Å²) in [5.74, 6) is 5.15. The third-order valence-electron chi connectivity index (χ3n) is 4.80. The predicted molar refractivity (Wildman–Crippen MR) is 127 cm³/mol. The fourth-order valence-electron chi connectivity index (χ4n) is 2.96. The highest BCUT2D eigenvalue weighted by Gasteiger charge is 2.19. The summed E-state index contributed by atoms with van der Waals surface area (Å²) >= 11 is 0. The molecule has 8 heteroatoms. The lowest BCUT2D eigenvalue weighted by Gasteiger charge is -2.14. The van der Waals surface area contributed by atoms with Crippen LogP contribution in [0.4, 0.5) is 5.69 Å². The van der Waals surface area contributed by atoms with Crippen molar-refractivity contribution >= 4 is 23.3 Å². The summed E-state index contributed by atoms with van der Waals surface area (Å²) in [5.41, 5.74) is 13.8. The van der Waals surface area contributed by atoms with Crippen LogP contribution in [0, 0.1) is 17.8 Å². The third kappa shape index (κ3) is 8.16. The van der Waals surface area contributed by atoms with Gasteiger partial charge in [-0.3, -0.25) is 14.4 Å². The van der Waals surface area contributed by atoms with Gasteiger partial charge in [0.1, 0.15) is 12.6 Å². The Morgan fingerprint density at radius 2 is 1.52 bits per heavy atom. The molecule has 0 spiro atoms. The number of nitrogens with two attached hydrogens (primary N) is 2. The molecule has 33 heavy (non-hydrogen) atoms. The molecule has 0 heterocycles. The molecule has 0 saturated heterocycles. The number of aliphatic hydroxyl groups is 1. The van der Waals surface area contributed by atoms with Crippen molar-refractivity contribution in [2.75, 3.05) is 18.5 Å². The lowest BCUT2D eigenvalue weighted by molar-refractivity contribution is -0.123. The Kier molecular flexibility index (Phi) is 9.76. The van der Waals surface area contributed by atoms with E-state index in [0.29, 0.717) is 29.2 Å². The minimum Gasteiger partial charge on any atom is -0.388 e. The van der Waals surface area contributed by atoms with E-state index in [1.165, 1.54) is 0 Å². The number of carbonyl (C=O) groups excluding carboxylic acids is 3. The predicted octanol–water partition coefficient (Wildman–Crippen LogP) is 1.02. The SMILES string of the molecule is CC(C)C[C@H](N)C(=O)Nc1ccc(C#Cc2ccc(C(=O)N[C@@H](CN)C(=O)CO)cc2)cc1. The van der Waals surface area contributed by atoms with E-state index in [-0.39, 0.29) is 12.5 Å². The van der Waals surface area contributed by atoms with Gasteiger partial charge < -0.3 is 27.2 Å². The van der Waals surface area contributed by atoms with Gasteiger partial charge in [-0.25, -0.2) is 0 Å². The zero-order chi connectivity index (χ0) is 24.4.